The van der Waals surface area contributed by atoms with Crippen LogP contribution in [0.25, 0.3) is 20.8 Å². The van der Waals surface area contributed by atoms with Crippen LogP contribution >= 0.6 is 11.3 Å². The summed E-state index contributed by atoms with van der Waals surface area (Å²) in [6.07, 6.45) is 1.29. The quantitative estimate of drug-likeness (QED) is 0.488. The standard InChI is InChI=1S/C19H16N6O3S/c1-12-2-7-15-16(8-12)29-19(22-15)13-3-5-14(6-4-13)21-17(26)10-28-18(27)9-25-11-20-23-24-25/h2-8,11H,9-10H2,1H3,(H,21,26). The summed E-state index contributed by atoms with van der Waals surface area (Å²) in [5.41, 5.74) is 3.74. The van der Waals surface area contributed by atoms with Crippen molar-refractivity contribution in [1.29, 1.82) is 0 Å². The van der Waals surface area contributed by atoms with Gasteiger partial charge in [-0.25, -0.2) is 9.67 Å². The molecule has 2 aromatic carbocycles. The molecule has 0 saturated heterocycles. The van der Waals surface area contributed by atoms with Gasteiger partial charge in [0.15, 0.2) is 6.61 Å². The summed E-state index contributed by atoms with van der Waals surface area (Å²) in [4.78, 5) is 28.3. The zero-order valence-electron chi connectivity index (χ0n) is 15.4. The van der Waals surface area contributed by atoms with E-state index in [-0.39, 0.29) is 13.2 Å². The van der Waals surface area contributed by atoms with Crippen molar-refractivity contribution in [3.05, 3.63) is 54.4 Å². The number of tetrazole rings is 1. The van der Waals surface area contributed by atoms with Crippen LogP contribution in [0.4, 0.5) is 5.69 Å². The average molecular weight is 408 g/mol. The van der Waals surface area contributed by atoms with Crippen LogP contribution in [0.5, 0.6) is 0 Å². The molecule has 10 heteroatoms. The lowest BCUT2D eigenvalue weighted by Crippen LogP contribution is -2.23. The highest BCUT2D eigenvalue weighted by Crippen LogP contribution is 2.31. The van der Waals surface area contributed by atoms with Crippen LogP contribution in [0.2, 0.25) is 0 Å². The SMILES string of the molecule is Cc1ccc2nc(-c3ccc(NC(=O)COC(=O)Cn4cnnn4)cc3)sc2c1. The maximum Gasteiger partial charge on any atom is 0.328 e. The van der Waals surface area contributed by atoms with Crippen LogP contribution in [-0.2, 0) is 20.9 Å². The van der Waals surface area contributed by atoms with Crippen LogP contribution in [0, 0.1) is 6.92 Å². The van der Waals surface area contributed by atoms with Gasteiger partial charge in [-0.1, -0.05) is 6.07 Å². The Morgan fingerprint density at radius 1 is 1.17 bits per heavy atom. The molecular weight excluding hydrogens is 392 g/mol. The van der Waals surface area contributed by atoms with Gasteiger partial charge >= 0.3 is 5.97 Å². The smallest absolute Gasteiger partial charge is 0.328 e. The molecule has 2 heterocycles. The Balaban J connectivity index is 1.33. The van der Waals surface area contributed by atoms with E-state index in [1.54, 1.807) is 23.5 Å². The molecule has 0 aliphatic rings. The van der Waals surface area contributed by atoms with Crippen molar-refractivity contribution in [3.63, 3.8) is 0 Å². The molecule has 1 N–H and O–H groups in total. The summed E-state index contributed by atoms with van der Waals surface area (Å²) >= 11 is 1.62. The number of anilines is 1. The van der Waals surface area contributed by atoms with Crippen molar-refractivity contribution < 1.29 is 14.3 Å². The van der Waals surface area contributed by atoms with E-state index in [9.17, 15) is 9.59 Å². The number of thiazole rings is 1. The Morgan fingerprint density at radius 3 is 2.76 bits per heavy atom. The molecule has 0 fully saturated rings. The number of nitrogens with one attached hydrogen (secondary N) is 1. The molecule has 1 amide bonds. The molecule has 2 aromatic heterocycles. The largest absolute Gasteiger partial charge is 0.454 e. The lowest BCUT2D eigenvalue weighted by Gasteiger charge is -2.07. The van der Waals surface area contributed by atoms with Crippen LogP contribution in [-0.4, -0.2) is 43.7 Å². The number of aromatic nitrogens is 5. The first-order valence-corrected chi connectivity index (χ1v) is 9.52. The van der Waals surface area contributed by atoms with Crippen molar-refractivity contribution in [1.82, 2.24) is 25.2 Å². The second-order valence-electron chi connectivity index (χ2n) is 6.28. The lowest BCUT2D eigenvalue weighted by molar-refractivity contribution is -0.148. The normalized spacial score (nSPS) is 10.8. The van der Waals surface area contributed by atoms with E-state index >= 15 is 0 Å². The molecule has 0 bridgehead atoms. The first-order chi connectivity index (χ1) is 14.1. The fraction of sp³-hybridized carbons (Fsp3) is 0.158. The number of esters is 1. The van der Waals surface area contributed by atoms with E-state index in [0.717, 1.165) is 20.8 Å². The van der Waals surface area contributed by atoms with Crippen LogP contribution in [0.15, 0.2) is 48.8 Å². The van der Waals surface area contributed by atoms with Crippen molar-refractivity contribution >= 4 is 39.1 Å². The number of nitrogens with zero attached hydrogens (tertiary/aromatic N) is 5. The molecule has 0 saturated carbocycles. The van der Waals surface area contributed by atoms with Gasteiger partial charge < -0.3 is 10.1 Å². The van der Waals surface area contributed by atoms with E-state index < -0.39 is 11.9 Å². The topological polar surface area (TPSA) is 112 Å². The first-order valence-electron chi connectivity index (χ1n) is 8.71. The fourth-order valence-corrected chi connectivity index (χ4v) is 3.69. The van der Waals surface area contributed by atoms with E-state index in [4.69, 9.17) is 4.74 Å². The predicted octanol–water partition coefficient (Wildman–Crippen LogP) is 2.44. The number of benzene rings is 2. The Bertz CT molecular complexity index is 1150. The van der Waals surface area contributed by atoms with Crippen molar-refractivity contribution in [2.75, 3.05) is 11.9 Å². The number of amides is 1. The summed E-state index contributed by atoms with van der Waals surface area (Å²) in [7, 11) is 0. The molecule has 0 unspecified atom stereocenters. The number of aryl methyl sites for hydroxylation is 1. The Labute approximate surface area is 169 Å². The van der Waals surface area contributed by atoms with Gasteiger partial charge in [-0.2, -0.15) is 0 Å². The van der Waals surface area contributed by atoms with E-state index in [1.165, 1.54) is 16.6 Å². The average Bonchev–Trinajstić information content (AvgIpc) is 3.36. The highest BCUT2D eigenvalue weighted by atomic mass is 32.1. The maximum absolute atomic E-state index is 12.0. The number of carbonyl (C=O) groups excluding carboxylic acids is 2. The summed E-state index contributed by atoms with van der Waals surface area (Å²) in [5, 5.41) is 14.0. The molecule has 146 valence electrons. The Kier molecular flexibility index (Phi) is 5.25. The molecule has 0 spiro atoms. The van der Waals surface area contributed by atoms with Gasteiger partial charge in [0, 0.05) is 11.3 Å². The van der Waals surface area contributed by atoms with Crippen molar-refractivity contribution in [2.45, 2.75) is 13.5 Å². The summed E-state index contributed by atoms with van der Waals surface area (Å²) in [6.45, 7) is 1.51. The van der Waals surface area contributed by atoms with Gasteiger partial charge in [0.25, 0.3) is 5.91 Å². The molecule has 0 radical (unpaired) electrons. The second kappa shape index (κ2) is 8.15. The third-order valence-corrected chi connectivity index (χ3v) is 5.07. The zero-order chi connectivity index (χ0) is 20.2. The van der Waals surface area contributed by atoms with Crippen LogP contribution < -0.4 is 5.32 Å². The van der Waals surface area contributed by atoms with Gasteiger partial charge in [-0.05, 0) is 59.3 Å². The number of hydrogen-bond acceptors (Lipinski definition) is 8. The summed E-state index contributed by atoms with van der Waals surface area (Å²) < 4.78 is 7.26. The highest BCUT2D eigenvalue weighted by Gasteiger charge is 2.10. The molecule has 29 heavy (non-hydrogen) atoms. The monoisotopic (exact) mass is 408 g/mol. The Hall–Kier alpha value is -3.66. The second-order valence-corrected chi connectivity index (χ2v) is 7.31. The third-order valence-electron chi connectivity index (χ3n) is 4.01. The highest BCUT2D eigenvalue weighted by molar-refractivity contribution is 7.21. The number of rotatable bonds is 6. The first kappa shape index (κ1) is 18.7. The van der Waals surface area contributed by atoms with Gasteiger partial charge in [0.1, 0.15) is 17.9 Å². The Morgan fingerprint density at radius 2 is 2.00 bits per heavy atom. The van der Waals surface area contributed by atoms with Gasteiger partial charge in [-0.3, -0.25) is 9.59 Å². The van der Waals surface area contributed by atoms with Gasteiger partial charge in [-0.15, -0.1) is 16.4 Å². The minimum Gasteiger partial charge on any atom is -0.454 e. The minimum atomic E-state index is -0.603. The summed E-state index contributed by atoms with van der Waals surface area (Å²) in [6, 6.07) is 13.5. The number of carbonyl (C=O) groups is 2. The number of hydrogen-bond donors (Lipinski definition) is 1. The third kappa shape index (κ3) is 4.61. The molecule has 9 nitrogen and oxygen atoms in total. The number of ether oxygens (including phenoxy) is 1. The van der Waals surface area contributed by atoms with Gasteiger partial charge in [0.2, 0.25) is 0 Å². The van der Waals surface area contributed by atoms with E-state index in [2.05, 4.69) is 38.8 Å². The lowest BCUT2D eigenvalue weighted by atomic mass is 10.2. The fourth-order valence-electron chi connectivity index (χ4n) is 2.63. The van der Waals surface area contributed by atoms with Crippen molar-refractivity contribution in [3.8, 4) is 10.6 Å². The van der Waals surface area contributed by atoms with Crippen LogP contribution in [0.3, 0.4) is 0 Å². The minimum absolute atomic E-state index is 0.156. The van der Waals surface area contributed by atoms with Crippen LogP contribution in [0.1, 0.15) is 5.56 Å². The summed E-state index contributed by atoms with van der Waals surface area (Å²) in [5.74, 6) is -1.04. The molecule has 0 atom stereocenters. The van der Waals surface area contributed by atoms with E-state index in [0.29, 0.717) is 5.69 Å². The molecule has 0 aliphatic carbocycles. The molecular formula is C19H16N6O3S. The predicted molar refractivity (Wildman–Crippen MR) is 107 cm³/mol. The van der Waals surface area contributed by atoms with Crippen molar-refractivity contribution in [2.24, 2.45) is 0 Å². The van der Waals surface area contributed by atoms with Gasteiger partial charge in [0.05, 0.1) is 10.2 Å². The molecule has 0 aliphatic heterocycles. The van der Waals surface area contributed by atoms with E-state index in [1.807, 2.05) is 24.3 Å². The zero-order valence-corrected chi connectivity index (χ0v) is 16.2. The number of fused-ring (bicyclic) bond motifs is 1. The molecule has 4 aromatic rings. The molecule has 4 rings (SSSR count). The maximum atomic E-state index is 12.0.